The Morgan fingerprint density at radius 2 is 1.64 bits per heavy atom. The van der Waals surface area contributed by atoms with E-state index >= 15 is 0 Å². The molecule has 2 heteroatoms. The molecule has 0 saturated heterocycles. The van der Waals surface area contributed by atoms with Gasteiger partial charge in [-0.1, -0.05) is 132 Å². The molecule has 0 heterocycles. The third-order valence-electron chi connectivity index (χ3n) is 13.0. The van der Waals surface area contributed by atoms with Gasteiger partial charge in [-0.3, -0.25) is 0 Å². The van der Waals surface area contributed by atoms with Crippen LogP contribution in [0.4, 0.5) is 0 Å². The molecular formula is C48H70O2. The number of allylic oxidation sites excluding steroid dienone is 15. The Balaban J connectivity index is 1.34. The first-order valence-corrected chi connectivity index (χ1v) is 20.0. The SMILES string of the molecule is C=C1CC[C@H](OC(=O)C=C(C)C=CC=C(C)C=CC2=C(C)CCCC2(C)C)CC1=CC=C1CCC[C@@]2(C)[C@@H]1CC[C@@H]2[C@H](C)C=C[C@H](C)C(C)C. The van der Waals surface area contributed by atoms with E-state index in [2.05, 4.69) is 111 Å². The van der Waals surface area contributed by atoms with Crippen LogP contribution < -0.4 is 0 Å². The quantitative estimate of drug-likeness (QED) is 0.0941. The van der Waals surface area contributed by atoms with Gasteiger partial charge in [-0.25, -0.2) is 4.79 Å². The molecule has 0 N–H and O–H groups in total. The molecule has 0 unspecified atom stereocenters. The fraction of sp³-hybridized carbons (Fsp3) is 0.604. The molecule has 274 valence electrons. The van der Waals surface area contributed by atoms with Crippen molar-refractivity contribution in [3.8, 4) is 0 Å². The highest BCUT2D eigenvalue weighted by Gasteiger charge is 2.50. The summed E-state index contributed by atoms with van der Waals surface area (Å²) in [6, 6.07) is 0. The van der Waals surface area contributed by atoms with Gasteiger partial charge in [-0.05, 0) is 142 Å². The number of fused-ring (bicyclic) bond motifs is 1. The second-order valence-corrected chi connectivity index (χ2v) is 17.7. The van der Waals surface area contributed by atoms with Crippen molar-refractivity contribution >= 4 is 5.97 Å². The average molecular weight is 679 g/mol. The lowest BCUT2D eigenvalue weighted by Gasteiger charge is -2.44. The van der Waals surface area contributed by atoms with Crippen LogP contribution in [0.3, 0.4) is 0 Å². The van der Waals surface area contributed by atoms with E-state index in [0.29, 0.717) is 29.1 Å². The fourth-order valence-electron chi connectivity index (χ4n) is 9.40. The lowest BCUT2D eigenvalue weighted by atomic mass is 9.61. The minimum atomic E-state index is -0.254. The van der Waals surface area contributed by atoms with E-state index in [1.165, 1.54) is 79.2 Å². The maximum Gasteiger partial charge on any atom is 0.331 e. The van der Waals surface area contributed by atoms with Gasteiger partial charge in [0.05, 0.1) is 0 Å². The Kier molecular flexibility index (Phi) is 14.0. The molecule has 0 aromatic heterocycles. The van der Waals surface area contributed by atoms with Crippen molar-refractivity contribution < 1.29 is 9.53 Å². The summed E-state index contributed by atoms with van der Waals surface area (Å²) in [5.41, 5.74) is 9.77. The largest absolute Gasteiger partial charge is 0.459 e. The van der Waals surface area contributed by atoms with Crippen molar-refractivity contribution in [1.29, 1.82) is 0 Å². The van der Waals surface area contributed by atoms with Crippen LogP contribution in [0.25, 0.3) is 0 Å². The van der Waals surface area contributed by atoms with E-state index < -0.39 is 0 Å². The zero-order chi connectivity index (χ0) is 36.6. The number of hydrogen-bond donors (Lipinski definition) is 0. The third-order valence-corrected chi connectivity index (χ3v) is 13.0. The highest BCUT2D eigenvalue weighted by molar-refractivity contribution is 5.83. The molecule has 0 aliphatic heterocycles. The van der Waals surface area contributed by atoms with E-state index in [1.54, 1.807) is 11.6 Å². The van der Waals surface area contributed by atoms with Crippen LogP contribution in [0.1, 0.15) is 140 Å². The molecule has 2 nitrogen and oxygen atoms in total. The molecule has 4 aliphatic carbocycles. The van der Waals surface area contributed by atoms with Crippen molar-refractivity contribution in [2.24, 2.45) is 40.4 Å². The van der Waals surface area contributed by atoms with E-state index in [9.17, 15) is 4.79 Å². The molecule has 0 bridgehead atoms. The van der Waals surface area contributed by atoms with Crippen molar-refractivity contribution in [3.63, 3.8) is 0 Å². The summed E-state index contributed by atoms with van der Waals surface area (Å²) in [7, 11) is 0. The topological polar surface area (TPSA) is 26.3 Å². The molecule has 0 radical (unpaired) electrons. The first-order chi connectivity index (χ1) is 23.6. The van der Waals surface area contributed by atoms with Gasteiger partial charge in [-0.2, -0.15) is 0 Å². The second-order valence-electron chi connectivity index (χ2n) is 17.7. The molecule has 0 aromatic carbocycles. The Morgan fingerprint density at radius 1 is 0.900 bits per heavy atom. The van der Waals surface area contributed by atoms with Gasteiger partial charge in [0.2, 0.25) is 0 Å². The first kappa shape index (κ1) is 39.9. The van der Waals surface area contributed by atoms with Crippen LogP contribution in [0.15, 0.2) is 106 Å². The summed E-state index contributed by atoms with van der Waals surface area (Å²) in [5, 5.41) is 0. The van der Waals surface area contributed by atoms with Crippen LogP contribution in [0.2, 0.25) is 0 Å². The first-order valence-electron chi connectivity index (χ1n) is 20.0. The Bertz CT molecular complexity index is 1480. The molecule has 0 aromatic rings. The van der Waals surface area contributed by atoms with Gasteiger partial charge < -0.3 is 4.74 Å². The Hall–Kier alpha value is -2.87. The minimum Gasteiger partial charge on any atom is -0.459 e. The summed E-state index contributed by atoms with van der Waals surface area (Å²) < 4.78 is 5.99. The normalized spacial score (nSPS) is 31.1. The molecule has 4 aliphatic rings. The summed E-state index contributed by atoms with van der Waals surface area (Å²) in [6.07, 6.45) is 34.6. The Morgan fingerprint density at radius 3 is 2.36 bits per heavy atom. The van der Waals surface area contributed by atoms with Crippen LogP contribution in [0.5, 0.6) is 0 Å². The van der Waals surface area contributed by atoms with Gasteiger partial charge >= 0.3 is 5.97 Å². The lowest BCUT2D eigenvalue weighted by molar-refractivity contribution is -0.143. The van der Waals surface area contributed by atoms with Gasteiger partial charge in [0.1, 0.15) is 6.10 Å². The molecule has 0 amide bonds. The van der Waals surface area contributed by atoms with E-state index in [1.807, 2.05) is 19.1 Å². The number of rotatable bonds is 11. The fourth-order valence-corrected chi connectivity index (χ4v) is 9.40. The number of hydrogen-bond acceptors (Lipinski definition) is 2. The second kappa shape index (κ2) is 17.6. The van der Waals surface area contributed by atoms with Gasteiger partial charge in [0.25, 0.3) is 0 Å². The highest BCUT2D eigenvalue weighted by atomic mass is 16.5. The number of esters is 1. The predicted octanol–water partition coefficient (Wildman–Crippen LogP) is 13.7. The smallest absolute Gasteiger partial charge is 0.331 e. The van der Waals surface area contributed by atoms with E-state index in [4.69, 9.17) is 4.74 Å². The average Bonchev–Trinajstić information content (AvgIpc) is 3.40. The van der Waals surface area contributed by atoms with Crippen LogP contribution in [-0.4, -0.2) is 12.1 Å². The zero-order valence-corrected chi connectivity index (χ0v) is 33.5. The number of carbonyl (C=O) groups excluding carboxylic acids is 1. The summed E-state index contributed by atoms with van der Waals surface area (Å²) in [6.45, 7) is 27.5. The lowest BCUT2D eigenvalue weighted by Crippen LogP contribution is -2.35. The van der Waals surface area contributed by atoms with Crippen molar-refractivity contribution in [3.05, 3.63) is 106 Å². The van der Waals surface area contributed by atoms with Crippen molar-refractivity contribution in [1.82, 2.24) is 0 Å². The van der Waals surface area contributed by atoms with Gasteiger partial charge in [-0.15, -0.1) is 0 Å². The highest BCUT2D eigenvalue weighted by Crippen LogP contribution is 2.59. The molecular weight excluding hydrogens is 609 g/mol. The predicted molar refractivity (Wildman–Crippen MR) is 216 cm³/mol. The summed E-state index contributed by atoms with van der Waals surface area (Å²) in [5.74, 6) is 3.10. The molecule has 3 fully saturated rings. The van der Waals surface area contributed by atoms with Crippen LogP contribution >= 0.6 is 0 Å². The van der Waals surface area contributed by atoms with Crippen LogP contribution in [-0.2, 0) is 9.53 Å². The summed E-state index contributed by atoms with van der Waals surface area (Å²) in [4.78, 5) is 12.9. The van der Waals surface area contributed by atoms with E-state index in [0.717, 1.165) is 30.8 Å². The van der Waals surface area contributed by atoms with Gasteiger partial charge in [0.15, 0.2) is 0 Å². The maximum absolute atomic E-state index is 12.9. The zero-order valence-electron chi connectivity index (χ0n) is 33.5. The molecule has 4 rings (SSSR count). The number of ether oxygens (including phenoxy) is 1. The molecule has 6 atom stereocenters. The van der Waals surface area contributed by atoms with Crippen LogP contribution in [0, 0.1) is 40.4 Å². The molecule has 50 heavy (non-hydrogen) atoms. The summed E-state index contributed by atoms with van der Waals surface area (Å²) >= 11 is 0. The monoisotopic (exact) mass is 679 g/mol. The van der Waals surface area contributed by atoms with E-state index in [-0.39, 0.29) is 17.5 Å². The number of carbonyl (C=O) groups is 1. The molecule has 0 spiro atoms. The molecule has 3 saturated carbocycles. The minimum absolute atomic E-state index is 0.104. The Labute approximate surface area is 307 Å². The van der Waals surface area contributed by atoms with Gasteiger partial charge in [0, 0.05) is 12.5 Å². The van der Waals surface area contributed by atoms with Crippen molar-refractivity contribution in [2.75, 3.05) is 0 Å². The van der Waals surface area contributed by atoms with Crippen molar-refractivity contribution in [2.45, 2.75) is 146 Å². The standard InChI is InChI=1S/C48H70O2/c1-33(2)36(5)20-21-39(8)44-27-28-45-40(18-14-30-48(44,45)11)23-24-41-32-42(25-22-37(41)6)50-46(49)31-35(4)16-12-15-34(3)19-26-43-38(7)17-13-29-47(43,9)10/h12,15-16,19-21,23-24,26,31,33,36,39,42,44-45H,6,13-14,17-18,22,25,27-30,32H2,1-5,7-11H3/t36-,39+,42-,44+,45+,48+/m0/s1. The maximum atomic E-state index is 12.9. The third kappa shape index (κ3) is 10.4.